The number of hydrogen-bond acceptors (Lipinski definition) is 3. The third-order valence-corrected chi connectivity index (χ3v) is 5.39. The van der Waals surface area contributed by atoms with Gasteiger partial charge in [-0.25, -0.2) is 4.79 Å². The van der Waals surface area contributed by atoms with E-state index >= 15 is 0 Å². The first-order valence-electron chi connectivity index (χ1n) is 9.03. The number of fused-ring (bicyclic) bond motifs is 2. The predicted molar refractivity (Wildman–Crippen MR) is 101 cm³/mol. The quantitative estimate of drug-likeness (QED) is 0.825. The summed E-state index contributed by atoms with van der Waals surface area (Å²) >= 11 is 0. The van der Waals surface area contributed by atoms with Crippen LogP contribution in [0, 0.1) is 11.8 Å². The molecule has 1 amide bonds. The molecule has 2 unspecified atom stereocenters. The lowest BCUT2D eigenvalue weighted by molar-refractivity contribution is 0.0271. The molecule has 25 heavy (non-hydrogen) atoms. The van der Waals surface area contributed by atoms with E-state index in [1.165, 1.54) is 16.5 Å². The summed E-state index contributed by atoms with van der Waals surface area (Å²) in [5.41, 5.74) is 0.826. The molecule has 1 saturated carbocycles. The molecule has 132 valence electrons. The highest BCUT2D eigenvalue weighted by Crippen LogP contribution is 2.50. The lowest BCUT2D eigenvalue weighted by atomic mass is 10.1. The fraction of sp³-hybridized carbons (Fsp3) is 0.476. The van der Waals surface area contributed by atoms with Crippen LogP contribution in [-0.4, -0.2) is 42.8 Å². The predicted octanol–water partition coefficient (Wildman–Crippen LogP) is 4.14. The number of hydrogen-bond donors (Lipinski definition) is 0. The number of benzene rings is 2. The van der Waals surface area contributed by atoms with E-state index in [1.807, 2.05) is 25.7 Å². The highest BCUT2D eigenvalue weighted by Gasteiger charge is 2.59. The molecule has 4 rings (SSSR count). The number of ether oxygens (including phenoxy) is 1. The van der Waals surface area contributed by atoms with Crippen LogP contribution in [0.15, 0.2) is 42.5 Å². The van der Waals surface area contributed by atoms with Gasteiger partial charge in [-0.2, -0.15) is 0 Å². The van der Waals surface area contributed by atoms with Gasteiger partial charge in [0.05, 0.1) is 0 Å². The zero-order chi connectivity index (χ0) is 17.8. The van der Waals surface area contributed by atoms with Crippen LogP contribution in [-0.2, 0) is 4.74 Å². The summed E-state index contributed by atoms with van der Waals surface area (Å²) in [5.74, 6) is 1.12. The summed E-state index contributed by atoms with van der Waals surface area (Å²) in [6.07, 6.45) is -0.174. The summed E-state index contributed by atoms with van der Waals surface area (Å²) in [6.45, 7) is 7.36. The summed E-state index contributed by atoms with van der Waals surface area (Å²) in [7, 11) is 2.17. The molecular weight excluding hydrogens is 312 g/mol. The number of piperidine rings is 1. The zero-order valence-corrected chi connectivity index (χ0v) is 15.4. The molecule has 1 aliphatic heterocycles. The van der Waals surface area contributed by atoms with Crippen molar-refractivity contribution in [2.75, 3.05) is 25.0 Å². The van der Waals surface area contributed by atoms with Gasteiger partial charge < -0.3 is 14.5 Å². The summed E-state index contributed by atoms with van der Waals surface area (Å²) in [5, 5.41) is 2.54. The van der Waals surface area contributed by atoms with E-state index in [0.717, 1.165) is 13.1 Å². The molecule has 2 fully saturated rings. The molecule has 0 aromatic heterocycles. The molecule has 0 radical (unpaired) electrons. The fourth-order valence-electron chi connectivity index (χ4n) is 4.11. The van der Waals surface area contributed by atoms with Crippen molar-refractivity contribution >= 4 is 22.6 Å². The lowest BCUT2D eigenvalue weighted by Crippen LogP contribution is -2.39. The number of nitrogens with zero attached hydrogens (tertiary/aromatic N) is 2. The molecule has 0 N–H and O–H groups in total. The van der Waals surface area contributed by atoms with Crippen LogP contribution in [0.1, 0.15) is 20.8 Å². The minimum Gasteiger partial charge on any atom is -0.444 e. The molecular formula is C21H26N2O2. The van der Waals surface area contributed by atoms with E-state index in [4.69, 9.17) is 4.74 Å². The largest absolute Gasteiger partial charge is 0.444 e. The van der Waals surface area contributed by atoms with E-state index in [0.29, 0.717) is 17.9 Å². The SMILES string of the molecule is CN(c1ccc2ccccc2c1)C1C2CN(C(=O)OC(C)(C)C)CC21. The summed E-state index contributed by atoms with van der Waals surface area (Å²) in [6, 6.07) is 15.6. The van der Waals surface area contributed by atoms with Gasteiger partial charge in [-0.1, -0.05) is 30.3 Å². The van der Waals surface area contributed by atoms with Crippen molar-refractivity contribution in [3.8, 4) is 0 Å². The molecule has 0 bridgehead atoms. The molecule has 4 nitrogen and oxygen atoms in total. The third kappa shape index (κ3) is 3.06. The van der Waals surface area contributed by atoms with Crippen molar-refractivity contribution in [2.45, 2.75) is 32.4 Å². The average Bonchev–Trinajstić information content (AvgIpc) is 3.05. The Morgan fingerprint density at radius 2 is 1.72 bits per heavy atom. The standard InChI is InChI=1S/C21H26N2O2/c1-21(2,3)25-20(24)23-12-17-18(13-23)19(17)22(4)16-10-9-14-7-5-6-8-15(14)11-16/h5-11,17-19H,12-13H2,1-4H3. The van der Waals surface area contributed by atoms with Crippen molar-refractivity contribution in [2.24, 2.45) is 11.8 Å². The van der Waals surface area contributed by atoms with Gasteiger partial charge in [0, 0.05) is 43.7 Å². The number of anilines is 1. The molecule has 1 heterocycles. The molecule has 1 saturated heterocycles. The van der Waals surface area contributed by atoms with Crippen molar-refractivity contribution in [1.29, 1.82) is 0 Å². The molecule has 1 aliphatic carbocycles. The fourth-order valence-corrected chi connectivity index (χ4v) is 4.11. The zero-order valence-electron chi connectivity index (χ0n) is 15.4. The average molecular weight is 338 g/mol. The van der Waals surface area contributed by atoms with E-state index in [-0.39, 0.29) is 6.09 Å². The maximum atomic E-state index is 12.2. The Morgan fingerprint density at radius 3 is 2.36 bits per heavy atom. The Kier molecular flexibility index (Phi) is 3.67. The van der Waals surface area contributed by atoms with Gasteiger partial charge in [-0.3, -0.25) is 0 Å². The molecule has 2 atom stereocenters. The van der Waals surface area contributed by atoms with E-state index in [1.54, 1.807) is 0 Å². The Labute approximate surface area is 149 Å². The Hall–Kier alpha value is -2.23. The van der Waals surface area contributed by atoms with Gasteiger partial charge in [0.25, 0.3) is 0 Å². The number of likely N-dealkylation sites (tertiary alicyclic amines) is 1. The molecule has 0 spiro atoms. The van der Waals surface area contributed by atoms with Gasteiger partial charge >= 0.3 is 6.09 Å². The Bertz CT molecular complexity index is 799. The number of rotatable bonds is 2. The minimum absolute atomic E-state index is 0.174. The molecule has 4 heteroatoms. The van der Waals surface area contributed by atoms with Crippen LogP contribution in [0.25, 0.3) is 10.8 Å². The first-order valence-corrected chi connectivity index (χ1v) is 9.03. The summed E-state index contributed by atoms with van der Waals surface area (Å²) < 4.78 is 5.49. The molecule has 2 aliphatic rings. The second-order valence-corrected chi connectivity index (χ2v) is 8.35. The highest BCUT2D eigenvalue weighted by molar-refractivity contribution is 5.86. The summed E-state index contributed by atoms with van der Waals surface area (Å²) in [4.78, 5) is 16.5. The molecule has 2 aromatic carbocycles. The van der Waals surface area contributed by atoms with Crippen molar-refractivity contribution < 1.29 is 9.53 Å². The van der Waals surface area contributed by atoms with Crippen LogP contribution in [0.2, 0.25) is 0 Å². The van der Waals surface area contributed by atoms with E-state index < -0.39 is 5.60 Å². The number of carbonyl (C=O) groups is 1. The Balaban J connectivity index is 1.41. The maximum Gasteiger partial charge on any atom is 0.410 e. The highest BCUT2D eigenvalue weighted by atomic mass is 16.6. The van der Waals surface area contributed by atoms with Crippen molar-refractivity contribution in [3.05, 3.63) is 42.5 Å². The van der Waals surface area contributed by atoms with Crippen LogP contribution >= 0.6 is 0 Å². The second kappa shape index (κ2) is 5.65. The van der Waals surface area contributed by atoms with Crippen LogP contribution in [0.3, 0.4) is 0 Å². The number of carbonyl (C=O) groups excluding carboxylic acids is 1. The first kappa shape index (κ1) is 16.2. The minimum atomic E-state index is -0.425. The van der Waals surface area contributed by atoms with Crippen LogP contribution in [0.5, 0.6) is 0 Å². The van der Waals surface area contributed by atoms with Gasteiger partial charge in [-0.05, 0) is 43.7 Å². The maximum absolute atomic E-state index is 12.2. The van der Waals surface area contributed by atoms with E-state index in [2.05, 4.69) is 54.4 Å². The Morgan fingerprint density at radius 1 is 1.08 bits per heavy atom. The van der Waals surface area contributed by atoms with Crippen molar-refractivity contribution in [3.63, 3.8) is 0 Å². The monoisotopic (exact) mass is 338 g/mol. The third-order valence-electron chi connectivity index (χ3n) is 5.39. The van der Waals surface area contributed by atoms with Gasteiger partial charge in [0.2, 0.25) is 0 Å². The lowest BCUT2D eigenvalue weighted by Gasteiger charge is -2.28. The van der Waals surface area contributed by atoms with Crippen LogP contribution < -0.4 is 4.90 Å². The van der Waals surface area contributed by atoms with Crippen LogP contribution in [0.4, 0.5) is 10.5 Å². The first-order chi connectivity index (χ1) is 11.8. The van der Waals surface area contributed by atoms with Crippen molar-refractivity contribution in [1.82, 2.24) is 4.90 Å². The number of amides is 1. The smallest absolute Gasteiger partial charge is 0.410 e. The van der Waals surface area contributed by atoms with E-state index in [9.17, 15) is 4.79 Å². The molecule has 2 aromatic rings. The second-order valence-electron chi connectivity index (χ2n) is 8.35. The van der Waals surface area contributed by atoms with Gasteiger partial charge in [-0.15, -0.1) is 0 Å². The normalized spacial score (nSPS) is 25.0. The van der Waals surface area contributed by atoms with Gasteiger partial charge in [0.15, 0.2) is 0 Å². The van der Waals surface area contributed by atoms with Gasteiger partial charge in [0.1, 0.15) is 5.60 Å². The topological polar surface area (TPSA) is 32.8 Å².